The summed E-state index contributed by atoms with van der Waals surface area (Å²) in [5, 5.41) is 0. The Morgan fingerprint density at radius 1 is 1.08 bits per heavy atom. The lowest BCUT2D eigenvalue weighted by Gasteiger charge is -2.61. The molecule has 0 aromatic carbocycles. The van der Waals surface area contributed by atoms with Crippen molar-refractivity contribution in [2.24, 2.45) is 51.8 Å². The molecule has 2 nitrogen and oxygen atoms in total. The molecule has 5 rings (SSSR count). The Kier molecular flexibility index (Phi) is 3.43. The molecule has 5 saturated carbocycles. The van der Waals surface area contributed by atoms with Gasteiger partial charge in [0, 0.05) is 18.4 Å². The Labute approximate surface area is 153 Å². The molecular formula is C23H36O2. The molecule has 10 atom stereocenters. The quantitative estimate of drug-likeness (QED) is 0.665. The van der Waals surface area contributed by atoms with Gasteiger partial charge in [0.05, 0.1) is 6.10 Å². The molecule has 0 aromatic heterocycles. The van der Waals surface area contributed by atoms with Gasteiger partial charge in [-0.1, -0.05) is 20.8 Å². The van der Waals surface area contributed by atoms with E-state index in [1.807, 2.05) is 7.11 Å². The van der Waals surface area contributed by atoms with Gasteiger partial charge in [0.1, 0.15) is 6.29 Å². The summed E-state index contributed by atoms with van der Waals surface area (Å²) in [5.74, 6) is 4.37. The second-order valence-corrected chi connectivity index (χ2v) is 11.0. The first-order valence-corrected chi connectivity index (χ1v) is 10.9. The number of hydrogen-bond donors (Lipinski definition) is 0. The van der Waals surface area contributed by atoms with Gasteiger partial charge in [-0.3, -0.25) is 0 Å². The van der Waals surface area contributed by atoms with Crippen LogP contribution in [0.25, 0.3) is 0 Å². The minimum Gasteiger partial charge on any atom is -0.381 e. The molecule has 5 aliphatic carbocycles. The second kappa shape index (κ2) is 5.12. The molecule has 0 saturated heterocycles. The summed E-state index contributed by atoms with van der Waals surface area (Å²) in [5.41, 5.74) is 1.45. The third-order valence-corrected chi connectivity index (χ3v) is 10.8. The number of aldehydes is 1. The van der Waals surface area contributed by atoms with Crippen LogP contribution < -0.4 is 0 Å². The monoisotopic (exact) mass is 344 g/mol. The summed E-state index contributed by atoms with van der Waals surface area (Å²) >= 11 is 0. The Hall–Kier alpha value is -0.370. The van der Waals surface area contributed by atoms with E-state index in [2.05, 4.69) is 20.8 Å². The lowest BCUT2D eigenvalue weighted by Crippen LogP contribution is -2.57. The topological polar surface area (TPSA) is 26.3 Å². The predicted molar refractivity (Wildman–Crippen MR) is 99.1 cm³/mol. The first-order chi connectivity index (χ1) is 11.9. The number of methoxy groups -OCH3 is 1. The first-order valence-electron chi connectivity index (χ1n) is 10.9. The summed E-state index contributed by atoms with van der Waals surface area (Å²) in [6.45, 7) is 7.35. The number of rotatable bonds is 3. The van der Waals surface area contributed by atoms with Crippen LogP contribution in [0.3, 0.4) is 0 Å². The zero-order chi connectivity index (χ0) is 17.6. The molecule has 0 aromatic rings. The molecule has 0 amide bonds. The molecule has 0 radical (unpaired) electrons. The molecule has 140 valence electrons. The van der Waals surface area contributed by atoms with E-state index >= 15 is 0 Å². The number of hydrogen-bond acceptors (Lipinski definition) is 2. The van der Waals surface area contributed by atoms with Gasteiger partial charge in [-0.15, -0.1) is 0 Å². The van der Waals surface area contributed by atoms with Crippen LogP contribution in [0.4, 0.5) is 0 Å². The summed E-state index contributed by atoms with van der Waals surface area (Å²) in [7, 11) is 1.97. The van der Waals surface area contributed by atoms with E-state index in [1.54, 1.807) is 0 Å². The van der Waals surface area contributed by atoms with Crippen molar-refractivity contribution >= 4 is 6.29 Å². The zero-order valence-electron chi connectivity index (χ0n) is 16.6. The Bertz CT molecular complexity index is 587. The number of ether oxygens (including phenoxy) is 1. The zero-order valence-corrected chi connectivity index (χ0v) is 16.6. The van der Waals surface area contributed by atoms with Crippen molar-refractivity contribution in [3.63, 3.8) is 0 Å². The Balaban J connectivity index is 1.50. The van der Waals surface area contributed by atoms with Gasteiger partial charge in [-0.25, -0.2) is 0 Å². The number of carbonyl (C=O) groups excluding carboxylic acids is 1. The first kappa shape index (κ1) is 16.8. The molecule has 2 heteroatoms. The van der Waals surface area contributed by atoms with Crippen molar-refractivity contribution in [2.45, 2.75) is 78.2 Å². The maximum atomic E-state index is 11.5. The second-order valence-electron chi connectivity index (χ2n) is 11.0. The fraction of sp³-hybridized carbons (Fsp3) is 0.957. The normalized spacial score (nSPS) is 60.2. The highest BCUT2D eigenvalue weighted by Gasteiger charge is 2.77. The average molecular weight is 345 g/mol. The third-order valence-electron chi connectivity index (χ3n) is 10.8. The molecule has 0 heterocycles. The maximum Gasteiger partial charge on any atom is 0.123 e. The van der Waals surface area contributed by atoms with Gasteiger partial charge >= 0.3 is 0 Å². The predicted octanol–water partition coefficient (Wildman–Crippen LogP) is 5.11. The van der Waals surface area contributed by atoms with Gasteiger partial charge in [-0.2, -0.15) is 0 Å². The van der Waals surface area contributed by atoms with Crippen LogP contribution in [0, 0.1) is 51.8 Å². The lowest BCUT2D eigenvalue weighted by atomic mass is 9.45. The van der Waals surface area contributed by atoms with Crippen LogP contribution in [0.1, 0.15) is 72.1 Å². The Morgan fingerprint density at radius 3 is 2.56 bits per heavy atom. The van der Waals surface area contributed by atoms with E-state index < -0.39 is 0 Å². The molecule has 0 aliphatic heterocycles. The van der Waals surface area contributed by atoms with Crippen molar-refractivity contribution in [2.75, 3.05) is 7.11 Å². The summed E-state index contributed by atoms with van der Waals surface area (Å²) in [6, 6.07) is 0. The van der Waals surface area contributed by atoms with Crippen molar-refractivity contribution in [3.05, 3.63) is 0 Å². The van der Waals surface area contributed by atoms with Gasteiger partial charge in [0.15, 0.2) is 0 Å². The van der Waals surface area contributed by atoms with Crippen molar-refractivity contribution in [3.8, 4) is 0 Å². The van der Waals surface area contributed by atoms with Crippen LogP contribution >= 0.6 is 0 Å². The van der Waals surface area contributed by atoms with Gasteiger partial charge in [0.2, 0.25) is 0 Å². The van der Waals surface area contributed by atoms with E-state index in [-0.39, 0.29) is 5.92 Å². The highest BCUT2D eigenvalue weighted by molar-refractivity contribution is 5.53. The van der Waals surface area contributed by atoms with Crippen molar-refractivity contribution in [1.29, 1.82) is 0 Å². The molecule has 25 heavy (non-hydrogen) atoms. The minimum absolute atomic E-state index is 0.231. The van der Waals surface area contributed by atoms with Crippen LogP contribution in [-0.2, 0) is 9.53 Å². The van der Waals surface area contributed by atoms with Gasteiger partial charge in [0.25, 0.3) is 0 Å². The van der Waals surface area contributed by atoms with E-state index in [0.29, 0.717) is 28.3 Å². The molecule has 0 bridgehead atoms. The van der Waals surface area contributed by atoms with E-state index in [0.717, 1.165) is 23.7 Å². The fourth-order valence-electron chi connectivity index (χ4n) is 9.58. The highest BCUT2D eigenvalue weighted by Crippen LogP contribution is 2.82. The van der Waals surface area contributed by atoms with Crippen LogP contribution in [0.5, 0.6) is 0 Å². The number of carbonyl (C=O) groups is 1. The molecular weight excluding hydrogens is 308 g/mol. The minimum atomic E-state index is 0.231. The van der Waals surface area contributed by atoms with Crippen molar-refractivity contribution < 1.29 is 9.53 Å². The van der Waals surface area contributed by atoms with E-state index in [4.69, 9.17) is 4.74 Å². The van der Waals surface area contributed by atoms with Crippen LogP contribution in [0.15, 0.2) is 0 Å². The fourth-order valence-corrected chi connectivity index (χ4v) is 9.58. The highest BCUT2D eigenvalue weighted by atomic mass is 16.5. The van der Waals surface area contributed by atoms with E-state index in [9.17, 15) is 4.79 Å². The lowest BCUT2D eigenvalue weighted by molar-refractivity contribution is -0.161. The largest absolute Gasteiger partial charge is 0.381 e. The smallest absolute Gasteiger partial charge is 0.123 e. The van der Waals surface area contributed by atoms with Gasteiger partial charge < -0.3 is 9.53 Å². The maximum absolute atomic E-state index is 11.5. The Morgan fingerprint density at radius 2 is 1.88 bits per heavy atom. The van der Waals surface area contributed by atoms with Crippen LogP contribution in [0.2, 0.25) is 0 Å². The van der Waals surface area contributed by atoms with Crippen LogP contribution in [-0.4, -0.2) is 19.5 Å². The standard InChI is InChI=1S/C23H36O2/c1-14(13-24)17-5-6-18-16-11-20(25-4)23-12-15(23)7-10-22(23,3)19(16)8-9-21(17,18)2/h13-20H,5-12H2,1-4H3/t14-,15+,16+,17-,18+,19+,20-,21-,22-,23-/m1/s1. The average Bonchev–Trinajstić information content (AvgIpc) is 3.12. The summed E-state index contributed by atoms with van der Waals surface area (Å²) < 4.78 is 6.18. The number of fused-ring (bicyclic) bond motifs is 4. The van der Waals surface area contributed by atoms with E-state index in [1.165, 1.54) is 57.7 Å². The van der Waals surface area contributed by atoms with Gasteiger partial charge in [-0.05, 0) is 91.8 Å². The summed E-state index contributed by atoms with van der Waals surface area (Å²) in [4.78, 5) is 11.5. The molecule has 1 spiro atoms. The molecule has 5 aliphatic rings. The molecule has 0 N–H and O–H groups in total. The SMILES string of the molecule is CO[C@@H]1C[C@H]2[C@@H]3CC[C@H]([C@H](C)C=O)[C@@]3(C)CC[C@@H]2[C@@]2(C)CC[C@H]3C[C@@]312. The summed E-state index contributed by atoms with van der Waals surface area (Å²) in [6.07, 6.45) is 12.7. The van der Waals surface area contributed by atoms with Crippen molar-refractivity contribution in [1.82, 2.24) is 0 Å². The molecule has 0 unspecified atom stereocenters. The molecule has 5 fully saturated rings. The third kappa shape index (κ3) is 1.79.